The molecule has 0 aromatic carbocycles. The van der Waals surface area contributed by atoms with Gasteiger partial charge in [-0.3, -0.25) is 0 Å². The average Bonchev–Trinajstić information content (AvgIpc) is 2.46. The Hall–Kier alpha value is -0.0800. The third-order valence-corrected chi connectivity index (χ3v) is 3.78. The van der Waals surface area contributed by atoms with Crippen LogP contribution in [0.5, 0.6) is 0 Å². The summed E-state index contributed by atoms with van der Waals surface area (Å²) >= 11 is 0. The van der Waals surface area contributed by atoms with Crippen molar-refractivity contribution in [3.05, 3.63) is 0 Å². The van der Waals surface area contributed by atoms with E-state index in [4.69, 9.17) is 0 Å². The van der Waals surface area contributed by atoms with Crippen molar-refractivity contribution in [2.75, 3.05) is 26.7 Å². The number of rotatable bonds is 6. The molecule has 0 aromatic rings. The summed E-state index contributed by atoms with van der Waals surface area (Å²) in [5.41, 5.74) is 0. The second kappa shape index (κ2) is 8.08. The predicted octanol–water partition coefficient (Wildman–Crippen LogP) is 2.89. The van der Waals surface area contributed by atoms with Gasteiger partial charge in [-0.2, -0.15) is 0 Å². The largest absolute Gasteiger partial charge is 0.314 e. The van der Waals surface area contributed by atoms with E-state index in [0.29, 0.717) is 0 Å². The third-order valence-electron chi connectivity index (χ3n) is 3.78. The Labute approximate surface area is 102 Å². The average molecular weight is 226 g/mol. The molecule has 1 fully saturated rings. The van der Waals surface area contributed by atoms with Crippen molar-refractivity contribution < 1.29 is 0 Å². The predicted molar refractivity (Wildman–Crippen MR) is 71.8 cm³/mol. The summed E-state index contributed by atoms with van der Waals surface area (Å²) in [6, 6.07) is 0.770. The second-order valence-electron chi connectivity index (χ2n) is 5.32. The van der Waals surface area contributed by atoms with E-state index >= 15 is 0 Å². The Kier molecular flexibility index (Phi) is 7.06. The van der Waals surface area contributed by atoms with Crippen LogP contribution in [0.2, 0.25) is 0 Å². The first-order valence-electron chi connectivity index (χ1n) is 7.19. The molecule has 1 aliphatic rings. The third kappa shape index (κ3) is 4.84. The van der Waals surface area contributed by atoms with Gasteiger partial charge in [-0.1, -0.05) is 33.1 Å². The summed E-state index contributed by atoms with van der Waals surface area (Å²) in [4.78, 5) is 2.51. The second-order valence-corrected chi connectivity index (χ2v) is 5.32. The molecule has 2 atom stereocenters. The first-order chi connectivity index (χ1) is 7.77. The van der Waals surface area contributed by atoms with Crippen molar-refractivity contribution in [3.63, 3.8) is 0 Å². The monoisotopic (exact) mass is 226 g/mol. The molecule has 0 aliphatic heterocycles. The van der Waals surface area contributed by atoms with E-state index in [1.807, 2.05) is 0 Å². The molecule has 1 saturated carbocycles. The van der Waals surface area contributed by atoms with E-state index in [1.54, 1.807) is 0 Å². The van der Waals surface area contributed by atoms with Gasteiger partial charge >= 0.3 is 0 Å². The highest BCUT2D eigenvalue weighted by Crippen LogP contribution is 2.24. The van der Waals surface area contributed by atoms with Gasteiger partial charge in [-0.15, -0.1) is 0 Å². The highest BCUT2D eigenvalue weighted by Gasteiger charge is 2.23. The lowest BCUT2D eigenvalue weighted by molar-refractivity contribution is 0.225. The Balaban J connectivity index is 2.43. The van der Waals surface area contributed by atoms with Crippen LogP contribution in [0.3, 0.4) is 0 Å². The van der Waals surface area contributed by atoms with E-state index in [-0.39, 0.29) is 0 Å². The Morgan fingerprint density at radius 3 is 2.56 bits per heavy atom. The maximum absolute atomic E-state index is 3.70. The summed E-state index contributed by atoms with van der Waals surface area (Å²) in [6.45, 7) is 8.16. The molecule has 0 heterocycles. The molecule has 1 N–H and O–H groups in total. The van der Waals surface area contributed by atoms with Crippen LogP contribution in [-0.4, -0.2) is 37.6 Å². The molecule has 2 heteroatoms. The zero-order valence-electron chi connectivity index (χ0n) is 11.5. The summed E-state index contributed by atoms with van der Waals surface area (Å²) in [7, 11) is 2.28. The van der Waals surface area contributed by atoms with Gasteiger partial charge in [0.2, 0.25) is 0 Å². The lowest BCUT2D eigenvalue weighted by Crippen LogP contribution is -2.41. The molecule has 16 heavy (non-hydrogen) atoms. The summed E-state index contributed by atoms with van der Waals surface area (Å²) in [6.07, 6.45) is 8.38. The SMILES string of the molecule is CCCN(C)CC1CCCCCC1NCC. The van der Waals surface area contributed by atoms with E-state index in [0.717, 1.165) is 18.5 Å². The molecule has 0 saturated heterocycles. The fourth-order valence-corrected chi connectivity index (χ4v) is 3.01. The topological polar surface area (TPSA) is 15.3 Å². The van der Waals surface area contributed by atoms with Crippen LogP contribution in [0.25, 0.3) is 0 Å². The summed E-state index contributed by atoms with van der Waals surface area (Å²) < 4.78 is 0. The van der Waals surface area contributed by atoms with Crippen LogP contribution >= 0.6 is 0 Å². The van der Waals surface area contributed by atoms with E-state index in [2.05, 4.69) is 31.1 Å². The number of nitrogens with one attached hydrogen (secondary N) is 1. The zero-order chi connectivity index (χ0) is 11.8. The van der Waals surface area contributed by atoms with Crippen LogP contribution < -0.4 is 5.32 Å². The van der Waals surface area contributed by atoms with Gasteiger partial charge in [0.15, 0.2) is 0 Å². The molecule has 1 aliphatic carbocycles. The molecule has 2 unspecified atom stereocenters. The first kappa shape index (κ1) is 14.0. The molecular weight excluding hydrogens is 196 g/mol. The molecule has 0 radical (unpaired) electrons. The Bertz CT molecular complexity index is 170. The van der Waals surface area contributed by atoms with Crippen LogP contribution in [0.15, 0.2) is 0 Å². The molecule has 0 bridgehead atoms. The highest BCUT2D eigenvalue weighted by molar-refractivity contribution is 4.81. The van der Waals surface area contributed by atoms with E-state index < -0.39 is 0 Å². The van der Waals surface area contributed by atoms with Crippen molar-refractivity contribution >= 4 is 0 Å². The summed E-state index contributed by atoms with van der Waals surface area (Å²) in [5.74, 6) is 0.874. The quantitative estimate of drug-likeness (QED) is 0.701. The Morgan fingerprint density at radius 1 is 1.12 bits per heavy atom. The zero-order valence-corrected chi connectivity index (χ0v) is 11.5. The molecule has 0 amide bonds. The molecule has 2 nitrogen and oxygen atoms in total. The minimum Gasteiger partial charge on any atom is -0.314 e. The van der Waals surface area contributed by atoms with Crippen molar-refractivity contribution in [3.8, 4) is 0 Å². The Morgan fingerprint density at radius 2 is 1.88 bits per heavy atom. The van der Waals surface area contributed by atoms with Crippen molar-refractivity contribution in [2.24, 2.45) is 5.92 Å². The molecular formula is C14H30N2. The number of hydrogen-bond donors (Lipinski definition) is 1. The van der Waals surface area contributed by atoms with Gasteiger partial charge in [0.25, 0.3) is 0 Å². The van der Waals surface area contributed by atoms with Crippen molar-refractivity contribution in [2.45, 2.75) is 58.4 Å². The standard InChI is InChI=1S/C14H30N2/c1-4-11-16(3)12-13-9-7-6-8-10-14(13)15-5-2/h13-15H,4-12H2,1-3H3. The number of nitrogens with zero attached hydrogens (tertiary/aromatic N) is 1. The van der Waals surface area contributed by atoms with Crippen LogP contribution in [0, 0.1) is 5.92 Å². The lowest BCUT2D eigenvalue weighted by atomic mass is 9.94. The van der Waals surface area contributed by atoms with E-state index in [1.165, 1.54) is 51.6 Å². The highest BCUT2D eigenvalue weighted by atomic mass is 15.1. The molecule has 0 spiro atoms. The van der Waals surface area contributed by atoms with Gasteiger partial charge in [0.1, 0.15) is 0 Å². The van der Waals surface area contributed by atoms with Gasteiger partial charge in [0, 0.05) is 12.6 Å². The minimum absolute atomic E-state index is 0.770. The lowest BCUT2D eigenvalue weighted by Gasteiger charge is -2.29. The summed E-state index contributed by atoms with van der Waals surface area (Å²) in [5, 5.41) is 3.70. The number of hydrogen-bond acceptors (Lipinski definition) is 2. The van der Waals surface area contributed by atoms with Crippen LogP contribution in [-0.2, 0) is 0 Å². The normalized spacial score (nSPS) is 27.0. The van der Waals surface area contributed by atoms with Crippen molar-refractivity contribution in [1.29, 1.82) is 0 Å². The molecule has 1 rings (SSSR count). The van der Waals surface area contributed by atoms with Crippen molar-refractivity contribution in [1.82, 2.24) is 10.2 Å². The van der Waals surface area contributed by atoms with Crippen LogP contribution in [0.4, 0.5) is 0 Å². The molecule has 96 valence electrons. The smallest absolute Gasteiger partial charge is 0.0107 e. The fraction of sp³-hybridized carbons (Fsp3) is 1.00. The fourth-order valence-electron chi connectivity index (χ4n) is 3.01. The maximum Gasteiger partial charge on any atom is 0.0107 e. The van der Waals surface area contributed by atoms with Gasteiger partial charge < -0.3 is 10.2 Å². The van der Waals surface area contributed by atoms with Gasteiger partial charge in [0.05, 0.1) is 0 Å². The van der Waals surface area contributed by atoms with Gasteiger partial charge in [-0.25, -0.2) is 0 Å². The first-order valence-corrected chi connectivity index (χ1v) is 7.19. The van der Waals surface area contributed by atoms with Crippen LogP contribution in [0.1, 0.15) is 52.4 Å². The van der Waals surface area contributed by atoms with Gasteiger partial charge in [-0.05, 0) is 45.3 Å². The minimum atomic E-state index is 0.770. The maximum atomic E-state index is 3.70. The van der Waals surface area contributed by atoms with E-state index in [9.17, 15) is 0 Å². The molecule has 0 aromatic heterocycles.